The predicted molar refractivity (Wildman–Crippen MR) is 111 cm³/mol. The SMILES string of the molecule is COC(=O)c1c(NC(=O)CCOc2ccccc2)sc(C)c1-c1ccccc1. The molecule has 2 aromatic carbocycles. The van der Waals surface area contributed by atoms with E-state index < -0.39 is 5.97 Å². The van der Waals surface area contributed by atoms with Crippen molar-refractivity contribution < 1.29 is 19.1 Å². The fourth-order valence-corrected chi connectivity index (χ4v) is 3.93. The molecule has 144 valence electrons. The van der Waals surface area contributed by atoms with Crippen LogP contribution in [-0.2, 0) is 9.53 Å². The van der Waals surface area contributed by atoms with Crippen LogP contribution in [0.1, 0.15) is 21.7 Å². The molecular formula is C22H21NO4S. The number of rotatable bonds is 7. The number of methoxy groups -OCH3 is 1. The lowest BCUT2D eigenvalue weighted by atomic mass is 10.0. The van der Waals surface area contributed by atoms with Crippen molar-refractivity contribution in [3.63, 3.8) is 0 Å². The number of amides is 1. The van der Waals surface area contributed by atoms with Gasteiger partial charge in [0.1, 0.15) is 16.3 Å². The number of aryl methyl sites for hydroxylation is 1. The molecular weight excluding hydrogens is 374 g/mol. The molecule has 3 rings (SSSR count). The fourth-order valence-electron chi connectivity index (χ4n) is 2.85. The highest BCUT2D eigenvalue weighted by molar-refractivity contribution is 7.17. The van der Waals surface area contributed by atoms with E-state index in [1.165, 1.54) is 18.4 Å². The first-order chi connectivity index (χ1) is 13.6. The number of carbonyl (C=O) groups excluding carboxylic acids is 2. The van der Waals surface area contributed by atoms with E-state index in [2.05, 4.69) is 5.32 Å². The summed E-state index contributed by atoms with van der Waals surface area (Å²) in [4.78, 5) is 25.7. The largest absolute Gasteiger partial charge is 0.493 e. The quantitative estimate of drug-likeness (QED) is 0.577. The second kappa shape index (κ2) is 9.19. The Hall–Kier alpha value is -3.12. The van der Waals surface area contributed by atoms with Gasteiger partial charge in [-0.1, -0.05) is 48.5 Å². The van der Waals surface area contributed by atoms with Gasteiger partial charge in [-0.25, -0.2) is 4.79 Å². The molecule has 0 fully saturated rings. The number of hydrogen-bond donors (Lipinski definition) is 1. The highest BCUT2D eigenvalue weighted by Gasteiger charge is 2.24. The summed E-state index contributed by atoms with van der Waals surface area (Å²) in [6, 6.07) is 18.9. The van der Waals surface area contributed by atoms with E-state index >= 15 is 0 Å². The Labute approximate surface area is 167 Å². The minimum absolute atomic E-state index is 0.174. The molecule has 0 unspecified atom stereocenters. The van der Waals surface area contributed by atoms with Gasteiger partial charge in [-0.05, 0) is 24.6 Å². The average molecular weight is 395 g/mol. The van der Waals surface area contributed by atoms with Gasteiger partial charge in [0.15, 0.2) is 0 Å². The number of nitrogens with one attached hydrogen (secondary N) is 1. The number of esters is 1. The van der Waals surface area contributed by atoms with E-state index in [0.717, 1.165) is 16.0 Å². The second-order valence-corrected chi connectivity index (χ2v) is 7.28. The number of ether oxygens (including phenoxy) is 2. The zero-order valence-corrected chi connectivity index (χ0v) is 16.5. The lowest BCUT2D eigenvalue weighted by molar-refractivity contribution is -0.116. The van der Waals surface area contributed by atoms with Crippen molar-refractivity contribution in [2.75, 3.05) is 19.0 Å². The average Bonchev–Trinajstić information content (AvgIpc) is 3.04. The van der Waals surface area contributed by atoms with Crippen LogP contribution in [0.5, 0.6) is 5.75 Å². The zero-order chi connectivity index (χ0) is 19.9. The lowest BCUT2D eigenvalue weighted by Crippen LogP contribution is -2.16. The molecule has 0 bridgehead atoms. The molecule has 3 aromatic rings. The second-order valence-electron chi connectivity index (χ2n) is 6.05. The molecule has 5 nitrogen and oxygen atoms in total. The molecule has 0 spiro atoms. The molecule has 28 heavy (non-hydrogen) atoms. The molecule has 1 aromatic heterocycles. The highest BCUT2D eigenvalue weighted by atomic mass is 32.1. The summed E-state index contributed by atoms with van der Waals surface area (Å²) in [7, 11) is 1.34. The summed E-state index contributed by atoms with van der Waals surface area (Å²) in [5.74, 6) is 0.0184. The molecule has 0 saturated carbocycles. The highest BCUT2D eigenvalue weighted by Crippen LogP contribution is 2.40. The summed E-state index contributed by atoms with van der Waals surface area (Å²) in [6.45, 7) is 2.17. The predicted octanol–water partition coefficient (Wildman–Crippen LogP) is 4.92. The Morgan fingerprint density at radius 2 is 1.64 bits per heavy atom. The van der Waals surface area contributed by atoms with Crippen LogP contribution >= 0.6 is 11.3 Å². The first-order valence-electron chi connectivity index (χ1n) is 8.85. The maximum Gasteiger partial charge on any atom is 0.341 e. The van der Waals surface area contributed by atoms with E-state index in [-0.39, 0.29) is 18.9 Å². The van der Waals surface area contributed by atoms with Crippen LogP contribution in [0, 0.1) is 6.92 Å². The number of para-hydroxylation sites is 1. The first kappa shape index (κ1) is 19.6. The van der Waals surface area contributed by atoms with Crippen molar-refractivity contribution in [2.45, 2.75) is 13.3 Å². The number of thiophene rings is 1. The molecule has 0 atom stereocenters. The smallest absolute Gasteiger partial charge is 0.341 e. The van der Waals surface area contributed by atoms with Crippen LogP contribution < -0.4 is 10.1 Å². The number of hydrogen-bond acceptors (Lipinski definition) is 5. The van der Waals surface area contributed by atoms with Crippen molar-refractivity contribution in [1.82, 2.24) is 0 Å². The van der Waals surface area contributed by atoms with Crippen molar-refractivity contribution in [2.24, 2.45) is 0 Å². The number of benzene rings is 2. The van der Waals surface area contributed by atoms with E-state index in [4.69, 9.17) is 9.47 Å². The van der Waals surface area contributed by atoms with Crippen LogP contribution in [0.25, 0.3) is 11.1 Å². The van der Waals surface area contributed by atoms with Crippen LogP contribution in [0.2, 0.25) is 0 Å². The van der Waals surface area contributed by atoms with E-state index in [9.17, 15) is 9.59 Å². The normalized spacial score (nSPS) is 10.4. The number of carbonyl (C=O) groups is 2. The van der Waals surface area contributed by atoms with Crippen molar-refractivity contribution in [1.29, 1.82) is 0 Å². The maximum absolute atomic E-state index is 12.4. The van der Waals surface area contributed by atoms with E-state index in [0.29, 0.717) is 16.3 Å². The Kier molecular flexibility index (Phi) is 6.45. The maximum atomic E-state index is 12.4. The molecule has 0 aliphatic heterocycles. The summed E-state index contributed by atoms with van der Waals surface area (Å²) in [5.41, 5.74) is 2.08. The Bertz CT molecular complexity index is 951. The van der Waals surface area contributed by atoms with Crippen LogP contribution in [0.4, 0.5) is 5.00 Å². The molecule has 0 aliphatic rings. The van der Waals surface area contributed by atoms with Gasteiger partial charge in [-0.2, -0.15) is 0 Å². The minimum Gasteiger partial charge on any atom is -0.493 e. The van der Waals surface area contributed by atoms with Gasteiger partial charge in [0.2, 0.25) is 5.91 Å². The van der Waals surface area contributed by atoms with Crippen molar-refractivity contribution in [3.05, 3.63) is 71.1 Å². The van der Waals surface area contributed by atoms with Gasteiger partial charge in [-0.15, -0.1) is 11.3 Å². The topological polar surface area (TPSA) is 64.6 Å². The van der Waals surface area contributed by atoms with Gasteiger partial charge in [0.25, 0.3) is 0 Å². The first-order valence-corrected chi connectivity index (χ1v) is 9.66. The lowest BCUT2D eigenvalue weighted by Gasteiger charge is -2.09. The molecule has 1 amide bonds. The summed E-state index contributed by atoms with van der Waals surface area (Å²) < 4.78 is 10.5. The number of anilines is 1. The summed E-state index contributed by atoms with van der Waals surface area (Å²) >= 11 is 1.36. The van der Waals surface area contributed by atoms with Gasteiger partial charge < -0.3 is 14.8 Å². The molecule has 0 saturated heterocycles. The van der Waals surface area contributed by atoms with Gasteiger partial charge in [-0.3, -0.25) is 4.79 Å². The minimum atomic E-state index is -0.473. The summed E-state index contributed by atoms with van der Waals surface area (Å²) in [6.07, 6.45) is 0.174. The molecule has 6 heteroatoms. The van der Waals surface area contributed by atoms with Gasteiger partial charge >= 0.3 is 5.97 Å². The van der Waals surface area contributed by atoms with E-state index in [1.54, 1.807) is 0 Å². The van der Waals surface area contributed by atoms with Gasteiger partial charge in [0.05, 0.1) is 20.1 Å². The van der Waals surface area contributed by atoms with E-state index in [1.807, 2.05) is 67.6 Å². The molecule has 1 heterocycles. The van der Waals surface area contributed by atoms with Crippen LogP contribution in [0.15, 0.2) is 60.7 Å². The third-order valence-corrected chi connectivity index (χ3v) is 5.15. The van der Waals surface area contributed by atoms with Crippen LogP contribution in [0.3, 0.4) is 0 Å². The fraction of sp³-hybridized carbons (Fsp3) is 0.182. The van der Waals surface area contributed by atoms with Crippen LogP contribution in [-0.4, -0.2) is 25.6 Å². The third kappa shape index (κ3) is 4.58. The Morgan fingerprint density at radius 1 is 1.00 bits per heavy atom. The van der Waals surface area contributed by atoms with Gasteiger partial charge in [0, 0.05) is 10.4 Å². The molecule has 0 radical (unpaired) electrons. The molecule has 0 aliphatic carbocycles. The Morgan fingerprint density at radius 3 is 2.29 bits per heavy atom. The molecule has 1 N–H and O–H groups in total. The summed E-state index contributed by atoms with van der Waals surface area (Å²) in [5, 5.41) is 3.34. The van der Waals surface area contributed by atoms with Crippen molar-refractivity contribution in [3.8, 4) is 16.9 Å². The van der Waals surface area contributed by atoms with Crippen molar-refractivity contribution >= 4 is 28.2 Å². The zero-order valence-electron chi connectivity index (χ0n) is 15.7. The standard InChI is InChI=1S/C22H21NO4S/c1-15-19(16-9-5-3-6-10-16)20(22(25)26-2)21(28-15)23-18(24)13-14-27-17-11-7-4-8-12-17/h3-12H,13-14H2,1-2H3,(H,23,24). The monoisotopic (exact) mass is 395 g/mol. The third-order valence-electron chi connectivity index (χ3n) is 4.13. The Balaban J connectivity index is 1.76.